The van der Waals surface area contributed by atoms with Crippen LogP contribution in [0.5, 0.6) is 11.5 Å². The number of carbonyl (C=O) groups is 2. The molecule has 3 aromatic rings. The second-order valence-corrected chi connectivity index (χ2v) is 11.8. The molecule has 4 rings (SSSR count). The molecule has 1 saturated heterocycles. The average molecular weight is 542 g/mol. The average Bonchev–Trinajstić information content (AvgIpc) is 3.17. The predicted molar refractivity (Wildman–Crippen MR) is 159 cm³/mol. The summed E-state index contributed by atoms with van der Waals surface area (Å²) in [4.78, 5) is 28.7. The highest BCUT2D eigenvalue weighted by Gasteiger charge is 2.47. The lowest BCUT2D eigenvalue weighted by Gasteiger charge is -2.26. The number of Topliss-reactive ketones (excluding diaryl/α,β-unsaturated/α-hetero) is 1. The lowest BCUT2D eigenvalue weighted by Crippen LogP contribution is -2.29. The Kier molecular flexibility index (Phi) is 8.10. The maximum absolute atomic E-state index is 13.6. The topological polar surface area (TPSA) is 76.1 Å². The molecule has 0 spiro atoms. The van der Waals surface area contributed by atoms with E-state index in [-0.39, 0.29) is 22.9 Å². The molecule has 6 heteroatoms. The van der Waals surface area contributed by atoms with Gasteiger partial charge in [0.15, 0.2) is 0 Å². The second kappa shape index (κ2) is 11.2. The van der Waals surface area contributed by atoms with E-state index in [4.69, 9.17) is 9.47 Å². The van der Waals surface area contributed by atoms with Crippen molar-refractivity contribution in [3.05, 3.63) is 94.6 Å². The van der Waals surface area contributed by atoms with Gasteiger partial charge in [-0.05, 0) is 78.8 Å². The maximum atomic E-state index is 13.6. The minimum Gasteiger partial charge on any atom is -0.507 e. The van der Waals surface area contributed by atoms with Crippen LogP contribution in [0.15, 0.2) is 72.3 Å². The predicted octanol–water partition coefficient (Wildman–Crippen LogP) is 7.53. The quantitative estimate of drug-likeness (QED) is 0.190. The van der Waals surface area contributed by atoms with Gasteiger partial charge in [-0.1, -0.05) is 58.9 Å². The zero-order chi connectivity index (χ0) is 29.4. The van der Waals surface area contributed by atoms with E-state index < -0.39 is 17.7 Å². The summed E-state index contributed by atoms with van der Waals surface area (Å²) < 4.78 is 11.4. The Bertz CT molecular complexity index is 1430. The third-order valence-corrected chi connectivity index (χ3v) is 7.13. The van der Waals surface area contributed by atoms with E-state index in [1.54, 1.807) is 19.2 Å². The van der Waals surface area contributed by atoms with Crippen molar-refractivity contribution in [3.63, 3.8) is 0 Å². The zero-order valence-corrected chi connectivity index (χ0v) is 24.6. The van der Waals surface area contributed by atoms with Gasteiger partial charge in [-0.2, -0.15) is 0 Å². The van der Waals surface area contributed by atoms with Gasteiger partial charge in [-0.3, -0.25) is 14.5 Å². The van der Waals surface area contributed by atoms with Crippen LogP contribution in [0.3, 0.4) is 0 Å². The number of aliphatic hydroxyl groups is 1. The number of aliphatic hydroxyl groups excluding tert-OH is 1. The van der Waals surface area contributed by atoms with Crippen LogP contribution in [-0.2, 0) is 15.0 Å². The van der Waals surface area contributed by atoms with Crippen LogP contribution < -0.4 is 14.4 Å². The Labute approximate surface area is 237 Å². The number of amides is 1. The summed E-state index contributed by atoms with van der Waals surface area (Å²) in [5.74, 6) is 0.0529. The van der Waals surface area contributed by atoms with E-state index in [9.17, 15) is 14.7 Å². The molecular formula is C34H39NO5. The number of hydrogen-bond acceptors (Lipinski definition) is 5. The van der Waals surface area contributed by atoms with E-state index in [1.807, 2.05) is 68.4 Å². The van der Waals surface area contributed by atoms with E-state index in [2.05, 4.69) is 34.6 Å². The minimum atomic E-state index is -0.821. The highest BCUT2D eigenvalue weighted by Crippen LogP contribution is 2.43. The summed E-state index contributed by atoms with van der Waals surface area (Å²) in [5.41, 5.74) is 3.49. The Morgan fingerprint density at radius 1 is 0.900 bits per heavy atom. The molecule has 0 radical (unpaired) electrons. The third-order valence-electron chi connectivity index (χ3n) is 7.13. The molecule has 1 heterocycles. The first-order valence-corrected chi connectivity index (χ1v) is 13.7. The fraction of sp³-hybridized carbons (Fsp3) is 0.353. The minimum absolute atomic E-state index is 0.00282. The van der Waals surface area contributed by atoms with Gasteiger partial charge in [-0.25, -0.2) is 0 Å². The number of ether oxygens (including phenoxy) is 2. The fourth-order valence-electron chi connectivity index (χ4n) is 5.03. The zero-order valence-electron chi connectivity index (χ0n) is 24.6. The van der Waals surface area contributed by atoms with Crippen LogP contribution in [0.4, 0.5) is 5.69 Å². The van der Waals surface area contributed by atoms with Gasteiger partial charge < -0.3 is 14.6 Å². The van der Waals surface area contributed by atoms with Crippen molar-refractivity contribution in [1.29, 1.82) is 0 Å². The lowest BCUT2D eigenvalue weighted by atomic mass is 9.84. The van der Waals surface area contributed by atoms with Crippen molar-refractivity contribution in [3.8, 4) is 11.5 Å². The fourth-order valence-corrected chi connectivity index (χ4v) is 5.03. The first-order valence-electron chi connectivity index (χ1n) is 13.7. The number of nitrogens with zero attached hydrogens (tertiary/aromatic N) is 1. The van der Waals surface area contributed by atoms with Crippen molar-refractivity contribution >= 4 is 23.1 Å². The molecule has 0 aliphatic carbocycles. The number of carbonyl (C=O) groups excluding carboxylic acids is 2. The summed E-state index contributed by atoms with van der Waals surface area (Å²) in [5, 5.41) is 11.7. The number of hydrogen-bond donors (Lipinski definition) is 1. The van der Waals surface area contributed by atoms with E-state index in [0.29, 0.717) is 34.2 Å². The van der Waals surface area contributed by atoms with Gasteiger partial charge >= 0.3 is 0 Å². The molecule has 1 aliphatic rings. The normalized spacial score (nSPS) is 17.1. The molecule has 0 bridgehead atoms. The van der Waals surface area contributed by atoms with Gasteiger partial charge in [0.1, 0.15) is 17.3 Å². The number of benzene rings is 3. The third kappa shape index (κ3) is 5.62. The van der Waals surface area contributed by atoms with Gasteiger partial charge in [0.25, 0.3) is 11.7 Å². The highest BCUT2D eigenvalue weighted by molar-refractivity contribution is 6.51. The Hall–Kier alpha value is -4.06. The molecule has 1 unspecified atom stereocenters. The summed E-state index contributed by atoms with van der Waals surface area (Å²) in [6.45, 7) is 14.2. The Balaban J connectivity index is 1.91. The highest BCUT2D eigenvalue weighted by atomic mass is 16.5. The van der Waals surface area contributed by atoms with Crippen molar-refractivity contribution in [1.82, 2.24) is 0 Å². The molecule has 1 aliphatic heterocycles. The Morgan fingerprint density at radius 3 is 2.05 bits per heavy atom. The standard InChI is InChI=1S/C34H39NO5/c1-20(2)22-9-14-25(15-10-22)35-30(23-11-16-26(17-12-23)40-21(3)4)29(32(37)33(35)38)31(36)24-13-18-28(39-8)27(19-24)34(5,6)7/h9-21,30,36H,1-8H3/b31-29-. The molecule has 1 amide bonds. The monoisotopic (exact) mass is 541 g/mol. The number of methoxy groups -OCH3 is 1. The lowest BCUT2D eigenvalue weighted by molar-refractivity contribution is -0.132. The summed E-state index contributed by atoms with van der Waals surface area (Å²) in [6.07, 6.45) is 0.00282. The van der Waals surface area contributed by atoms with Gasteiger partial charge in [0.2, 0.25) is 0 Å². The van der Waals surface area contributed by atoms with Gasteiger partial charge in [-0.15, -0.1) is 0 Å². The van der Waals surface area contributed by atoms with Crippen molar-refractivity contribution in [2.75, 3.05) is 12.0 Å². The molecular weight excluding hydrogens is 502 g/mol. The molecule has 0 saturated carbocycles. The van der Waals surface area contributed by atoms with Crippen LogP contribution in [0.2, 0.25) is 0 Å². The summed E-state index contributed by atoms with van der Waals surface area (Å²) in [7, 11) is 1.60. The Morgan fingerprint density at radius 2 is 1.52 bits per heavy atom. The molecule has 3 aromatic carbocycles. The first kappa shape index (κ1) is 28.9. The van der Waals surface area contributed by atoms with E-state index >= 15 is 0 Å². The molecule has 6 nitrogen and oxygen atoms in total. The summed E-state index contributed by atoms with van der Waals surface area (Å²) >= 11 is 0. The maximum Gasteiger partial charge on any atom is 0.300 e. The van der Waals surface area contributed by atoms with E-state index in [0.717, 1.165) is 11.1 Å². The molecule has 40 heavy (non-hydrogen) atoms. The van der Waals surface area contributed by atoms with Crippen molar-refractivity contribution in [2.45, 2.75) is 71.9 Å². The largest absolute Gasteiger partial charge is 0.507 e. The molecule has 1 atom stereocenters. The summed E-state index contributed by atoms with van der Waals surface area (Å²) in [6, 6.07) is 19.5. The van der Waals surface area contributed by atoms with Crippen LogP contribution in [0, 0.1) is 0 Å². The van der Waals surface area contributed by atoms with Crippen molar-refractivity contribution < 1.29 is 24.2 Å². The first-order chi connectivity index (χ1) is 18.8. The van der Waals surface area contributed by atoms with Crippen LogP contribution in [0.1, 0.15) is 82.7 Å². The van der Waals surface area contributed by atoms with Crippen LogP contribution >= 0.6 is 0 Å². The molecule has 210 valence electrons. The smallest absolute Gasteiger partial charge is 0.300 e. The van der Waals surface area contributed by atoms with Crippen LogP contribution in [0.25, 0.3) is 5.76 Å². The van der Waals surface area contributed by atoms with Crippen LogP contribution in [-0.4, -0.2) is 30.0 Å². The SMILES string of the molecule is COc1ccc(/C(O)=C2/C(=O)C(=O)N(c3ccc(C(C)C)cc3)C2c2ccc(OC(C)C)cc2)cc1C(C)(C)C. The number of rotatable bonds is 7. The molecule has 1 fully saturated rings. The van der Waals surface area contributed by atoms with Gasteiger partial charge in [0.05, 0.1) is 24.8 Å². The van der Waals surface area contributed by atoms with Crippen molar-refractivity contribution in [2.24, 2.45) is 0 Å². The molecule has 1 N–H and O–H groups in total. The number of ketones is 1. The number of anilines is 1. The second-order valence-electron chi connectivity index (χ2n) is 11.8. The van der Waals surface area contributed by atoms with Gasteiger partial charge in [0, 0.05) is 16.8 Å². The molecule has 0 aromatic heterocycles. The van der Waals surface area contributed by atoms with E-state index in [1.165, 1.54) is 4.90 Å².